The maximum atomic E-state index is 12.1. The summed E-state index contributed by atoms with van der Waals surface area (Å²) >= 11 is 0. The SMILES string of the molecule is COCCCN1CC[C@@H](CNC(=O)c2cc(C)nn2C)C1. The van der Waals surface area contributed by atoms with E-state index in [1.807, 2.05) is 13.0 Å². The molecule has 0 spiro atoms. The fourth-order valence-electron chi connectivity index (χ4n) is 2.87. The van der Waals surface area contributed by atoms with E-state index in [4.69, 9.17) is 4.74 Å². The van der Waals surface area contributed by atoms with Gasteiger partial charge < -0.3 is 15.0 Å². The molecule has 21 heavy (non-hydrogen) atoms. The number of ether oxygens (including phenoxy) is 1. The highest BCUT2D eigenvalue weighted by Gasteiger charge is 2.23. The van der Waals surface area contributed by atoms with Crippen molar-refractivity contribution in [3.05, 3.63) is 17.5 Å². The highest BCUT2D eigenvalue weighted by Crippen LogP contribution is 2.15. The molecule has 1 aromatic rings. The van der Waals surface area contributed by atoms with Gasteiger partial charge in [-0.1, -0.05) is 0 Å². The first-order valence-electron chi connectivity index (χ1n) is 7.60. The fraction of sp³-hybridized carbons (Fsp3) is 0.733. The van der Waals surface area contributed by atoms with Crippen LogP contribution in [-0.2, 0) is 11.8 Å². The highest BCUT2D eigenvalue weighted by atomic mass is 16.5. The number of nitrogens with zero attached hydrogens (tertiary/aromatic N) is 3. The molecule has 1 fully saturated rings. The van der Waals surface area contributed by atoms with Crippen LogP contribution < -0.4 is 5.32 Å². The topological polar surface area (TPSA) is 59.4 Å². The Kier molecular flexibility index (Phi) is 5.76. The van der Waals surface area contributed by atoms with Crippen LogP contribution in [0.2, 0.25) is 0 Å². The van der Waals surface area contributed by atoms with Gasteiger partial charge in [-0.25, -0.2) is 0 Å². The van der Waals surface area contributed by atoms with E-state index in [2.05, 4.69) is 15.3 Å². The molecule has 1 saturated heterocycles. The van der Waals surface area contributed by atoms with E-state index in [9.17, 15) is 4.79 Å². The summed E-state index contributed by atoms with van der Waals surface area (Å²) in [6, 6.07) is 1.82. The number of carbonyl (C=O) groups excluding carboxylic acids is 1. The smallest absolute Gasteiger partial charge is 0.269 e. The molecule has 1 aliphatic heterocycles. The lowest BCUT2D eigenvalue weighted by molar-refractivity contribution is 0.0938. The number of carbonyl (C=O) groups is 1. The van der Waals surface area contributed by atoms with Crippen LogP contribution >= 0.6 is 0 Å². The first-order valence-corrected chi connectivity index (χ1v) is 7.60. The maximum absolute atomic E-state index is 12.1. The average molecular weight is 294 g/mol. The van der Waals surface area contributed by atoms with Crippen molar-refractivity contribution >= 4 is 5.91 Å². The zero-order valence-electron chi connectivity index (χ0n) is 13.3. The Morgan fingerprint density at radius 3 is 3.05 bits per heavy atom. The third-order valence-electron chi connectivity index (χ3n) is 3.98. The second-order valence-electron chi connectivity index (χ2n) is 5.81. The third-order valence-corrected chi connectivity index (χ3v) is 3.98. The lowest BCUT2D eigenvalue weighted by Crippen LogP contribution is -2.32. The standard InChI is InChI=1S/C15H26N4O2/c1-12-9-14(18(2)17-12)15(20)16-10-13-5-7-19(11-13)6-4-8-21-3/h9,13H,4-8,10-11H2,1-3H3,(H,16,20)/t13-/m0/s1. The van der Waals surface area contributed by atoms with Gasteiger partial charge in [0.15, 0.2) is 0 Å². The summed E-state index contributed by atoms with van der Waals surface area (Å²) in [5, 5.41) is 7.23. The molecule has 6 nitrogen and oxygen atoms in total. The molecule has 0 aliphatic carbocycles. The van der Waals surface area contributed by atoms with Crippen LogP contribution in [0, 0.1) is 12.8 Å². The summed E-state index contributed by atoms with van der Waals surface area (Å²) in [6.45, 7) is 6.72. The van der Waals surface area contributed by atoms with Crippen LogP contribution in [0.15, 0.2) is 6.07 Å². The van der Waals surface area contributed by atoms with E-state index in [1.165, 1.54) is 0 Å². The minimum Gasteiger partial charge on any atom is -0.385 e. The number of hydrogen-bond donors (Lipinski definition) is 1. The number of aryl methyl sites for hydroxylation is 2. The Balaban J connectivity index is 1.72. The highest BCUT2D eigenvalue weighted by molar-refractivity contribution is 5.92. The summed E-state index contributed by atoms with van der Waals surface area (Å²) < 4.78 is 6.71. The molecule has 6 heteroatoms. The Labute approximate surface area is 126 Å². The van der Waals surface area contributed by atoms with Crippen LogP contribution in [0.3, 0.4) is 0 Å². The number of likely N-dealkylation sites (tertiary alicyclic amines) is 1. The summed E-state index contributed by atoms with van der Waals surface area (Å²) in [4.78, 5) is 14.6. The molecule has 0 unspecified atom stereocenters. The zero-order valence-corrected chi connectivity index (χ0v) is 13.3. The van der Waals surface area contributed by atoms with Gasteiger partial charge in [-0.15, -0.1) is 0 Å². The van der Waals surface area contributed by atoms with Crippen LogP contribution in [0.5, 0.6) is 0 Å². The molecular weight excluding hydrogens is 268 g/mol. The molecule has 2 heterocycles. The fourth-order valence-corrected chi connectivity index (χ4v) is 2.87. The normalized spacial score (nSPS) is 19.1. The van der Waals surface area contributed by atoms with Gasteiger partial charge in [-0.2, -0.15) is 5.10 Å². The number of rotatable bonds is 7. The number of aromatic nitrogens is 2. The van der Waals surface area contributed by atoms with Gasteiger partial charge in [0, 0.05) is 40.4 Å². The summed E-state index contributed by atoms with van der Waals surface area (Å²) in [6.07, 6.45) is 2.22. The molecule has 0 saturated carbocycles. The van der Waals surface area contributed by atoms with Crippen molar-refractivity contribution in [2.75, 3.05) is 39.9 Å². The molecule has 0 aromatic carbocycles. The van der Waals surface area contributed by atoms with Crippen molar-refractivity contribution < 1.29 is 9.53 Å². The van der Waals surface area contributed by atoms with Crippen LogP contribution in [0.1, 0.15) is 29.0 Å². The Morgan fingerprint density at radius 1 is 1.57 bits per heavy atom. The summed E-state index contributed by atoms with van der Waals surface area (Å²) in [5.41, 5.74) is 1.50. The van der Waals surface area contributed by atoms with E-state index in [0.717, 1.165) is 51.3 Å². The van der Waals surface area contributed by atoms with Crippen molar-refractivity contribution in [2.45, 2.75) is 19.8 Å². The molecule has 1 atom stereocenters. The summed E-state index contributed by atoms with van der Waals surface area (Å²) in [7, 11) is 3.54. The minimum absolute atomic E-state index is 0.0315. The monoisotopic (exact) mass is 294 g/mol. The second kappa shape index (κ2) is 7.56. The van der Waals surface area contributed by atoms with E-state index >= 15 is 0 Å². The van der Waals surface area contributed by atoms with Gasteiger partial charge in [0.05, 0.1) is 5.69 Å². The maximum Gasteiger partial charge on any atom is 0.269 e. The number of nitrogens with one attached hydrogen (secondary N) is 1. The van der Waals surface area contributed by atoms with E-state index in [0.29, 0.717) is 11.6 Å². The Morgan fingerprint density at radius 2 is 2.38 bits per heavy atom. The van der Waals surface area contributed by atoms with Gasteiger partial charge in [0.1, 0.15) is 5.69 Å². The molecular formula is C15H26N4O2. The Bertz CT molecular complexity index is 472. The molecule has 118 valence electrons. The number of methoxy groups -OCH3 is 1. The van der Waals surface area contributed by atoms with Crippen LogP contribution in [0.25, 0.3) is 0 Å². The van der Waals surface area contributed by atoms with Crippen LogP contribution in [-0.4, -0.2) is 60.5 Å². The third kappa shape index (κ3) is 4.54. The molecule has 1 amide bonds. The number of hydrogen-bond acceptors (Lipinski definition) is 4. The van der Waals surface area contributed by atoms with Crippen LogP contribution in [0.4, 0.5) is 0 Å². The average Bonchev–Trinajstić information content (AvgIpc) is 3.03. The van der Waals surface area contributed by atoms with Gasteiger partial charge in [-0.3, -0.25) is 9.48 Å². The second-order valence-corrected chi connectivity index (χ2v) is 5.81. The van der Waals surface area contributed by atoms with Crippen molar-refractivity contribution in [2.24, 2.45) is 13.0 Å². The zero-order chi connectivity index (χ0) is 15.2. The first-order chi connectivity index (χ1) is 10.1. The van der Waals surface area contributed by atoms with Gasteiger partial charge in [0.2, 0.25) is 0 Å². The van der Waals surface area contributed by atoms with Crippen molar-refractivity contribution in [3.8, 4) is 0 Å². The van der Waals surface area contributed by atoms with Crippen molar-refractivity contribution in [1.29, 1.82) is 0 Å². The quantitative estimate of drug-likeness (QED) is 0.756. The van der Waals surface area contributed by atoms with Crippen molar-refractivity contribution in [1.82, 2.24) is 20.0 Å². The lowest BCUT2D eigenvalue weighted by Gasteiger charge is -2.16. The molecule has 0 bridgehead atoms. The first kappa shape index (κ1) is 16.0. The minimum atomic E-state index is -0.0315. The van der Waals surface area contributed by atoms with E-state index < -0.39 is 0 Å². The van der Waals surface area contributed by atoms with Gasteiger partial charge in [-0.05, 0) is 38.3 Å². The summed E-state index contributed by atoms with van der Waals surface area (Å²) in [5.74, 6) is 0.516. The predicted octanol–water partition coefficient (Wildman–Crippen LogP) is 0.817. The predicted molar refractivity (Wildman–Crippen MR) is 81.3 cm³/mol. The van der Waals surface area contributed by atoms with Crippen molar-refractivity contribution in [3.63, 3.8) is 0 Å². The molecule has 2 rings (SSSR count). The molecule has 1 N–H and O–H groups in total. The molecule has 0 radical (unpaired) electrons. The van der Waals surface area contributed by atoms with Gasteiger partial charge >= 0.3 is 0 Å². The largest absolute Gasteiger partial charge is 0.385 e. The Hall–Kier alpha value is -1.40. The van der Waals surface area contributed by atoms with E-state index in [1.54, 1.807) is 18.8 Å². The lowest BCUT2D eigenvalue weighted by atomic mass is 10.1. The molecule has 1 aromatic heterocycles. The molecule has 1 aliphatic rings. The van der Waals surface area contributed by atoms with Gasteiger partial charge in [0.25, 0.3) is 5.91 Å². The number of amides is 1. The van der Waals surface area contributed by atoms with E-state index in [-0.39, 0.29) is 5.91 Å².